The minimum Gasteiger partial charge on any atom is -0.481 e. The Morgan fingerprint density at radius 3 is 2.82 bits per heavy atom. The monoisotopic (exact) mass is 257 g/mol. The molecule has 0 amide bonds. The third-order valence-electron chi connectivity index (χ3n) is 3.14. The van der Waals surface area contributed by atoms with Gasteiger partial charge in [0.25, 0.3) is 0 Å². The van der Waals surface area contributed by atoms with E-state index in [-0.39, 0.29) is 17.0 Å². The van der Waals surface area contributed by atoms with Crippen molar-refractivity contribution in [2.75, 3.05) is 0 Å². The van der Waals surface area contributed by atoms with Crippen molar-refractivity contribution in [3.8, 4) is 0 Å². The Hall–Kier alpha value is -1.13. The van der Waals surface area contributed by atoms with Crippen molar-refractivity contribution in [1.29, 1.82) is 0 Å². The molecule has 1 saturated carbocycles. The third-order valence-corrected chi connectivity index (χ3v) is 3.43. The molecule has 17 heavy (non-hydrogen) atoms. The molecule has 2 N–H and O–H groups in total. The van der Waals surface area contributed by atoms with Gasteiger partial charge in [-0.25, -0.2) is 4.39 Å². The SMILES string of the molecule is O=C(O)C1CCC1NCc1ccc(F)c(Cl)c1. The van der Waals surface area contributed by atoms with Gasteiger partial charge in [-0.2, -0.15) is 0 Å². The molecular weight excluding hydrogens is 245 g/mol. The molecule has 0 aromatic heterocycles. The topological polar surface area (TPSA) is 49.3 Å². The van der Waals surface area contributed by atoms with Gasteiger partial charge in [0.15, 0.2) is 0 Å². The van der Waals surface area contributed by atoms with Crippen molar-refractivity contribution in [2.24, 2.45) is 5.92 Å². The highest BCUT2D eigenvalue weighted by atomic mass is 35.5. The van der Waals surface area contributed by atoms with Gasteiger partial charge in [-0.1, -0.05) is 17.7 Å². The minimum atomic E-state index is -0.758. The fourth-order valence-corrected chi connectivity index (χ4v) is 2.14. The first-order valence-corrected chi connectivity index (χ1v) is 5.86. The molecule has 1 aromatic carbocycles. The van der Waals surface area contributed by atoms with E-state index in [2.05, 4.69) is 5.32 Å². The highest BCUT2D eigenvalue weighted by molar-refractivity contribution is 6.30. The lowest BCUT2D eigenvalue weighted by Gasteiger charge is -2.34. The molecule has 1 aliphatic rings. The highest BCUT2D eigenvalue weighted by Crippen LogP contribution is 2.28. The van der Waals surface area contributed by atoms with Gasteiger partial charge >= 0.3 is 5.97 Å². The molecule has 1 fully saturated rings. The van der Waals surface area contributed by atoms with Crippen LogP contribution in [0.25, 0.3) is 0 Å². The molecule has 0 radical (unpaired) electrons. The van der Waals surface area contributed by atoms with E-state index in [1.807, 2.05) is 0 Å². The number of carbonyl (C=O) groups is 1. The van der Waals surface area contributed by atoms with Crippen LogP contribution in [0.4, 0.5) is 4.39 Å². The lowest BCUT2D eigenvalue weighted by Crippen LogP contribution is -2.47. The molecular formula is C12H13ClFNO2. The Labute approximate surface area is 104 Å². The van der Waals surface area contributed by atoms with Gasteiger partial charge in [0, 0.05) is 12.6 Å². The fraction of sp³-hybridized carbons (Fsp3) is 0.417. The summed E-state index contributed by atoms with van der Waals surface area (Å²) in [5.41, 5.74) is 0.854. The number of carboxylic acid groups (broad SMARTS) is 1. The average Bonchev–Trinajstić information content (AvgIpc) is 2.21. The molecule has 2 unspecified atom stereocenters. The van der Waals surface area contributed by atoms with Crippen molar-refractivity contribution in [2.45, 2.75) is 25.4 Å². The smallest absolute Gasteiger partial charge is 0.308 e. The maximum Gasteiger partial charge on any atom is 0.308 e. The Bertz CT molecular complexity index is 439. The molecule has 3 nitrogen and oxygen atoms in total. The van der Waals surface area contributed by atoms with Gasteiger partial charge < -0.3 is 10.4 Å². The number of rotatable bonds is 4. The Balaban J connectivity index is 1.90. The van der Waals surface area contributed by atoms with E-state index >= 15 is 0 Å². The Morgan fingerprint density at radius 1 is 1.53 bits per heavy atom. The molecule has 0 aliphatic heterocycles. The van der Waals surface area contributed by atoms with Crippen LogP contribution in [-0.4, -0.2) is 17.1 Å². The van der Waals surface area contributed by atoms with Gasteiger partial charge in [-0.3, -0.25) is 4.79 Å². The lowest BCUT2D eigenvalue weighted by atomic mass is 9.79. The quantitative estimate of drug-likeness (QED) is 0.871. The number of nitrogens with one attached hydrogen (secondary N) is 1. The predicted molar refractivity (Wildman–Crippen MR) is 62.4 cm³/mol. The number of aliphatic carboxylic acids is 1. The van der Waals surface area contributed by atoms with Gasteiger partial charge in [0.1, 0.15) is 5.82 Å². The number of benzene rings is 1. The minimum absolute atomic E-state index is 0.0105. The summed E-state index contributed by atoms with van der Waals surface area (Å²) in [4.78, 5) is 10.8. The van der Waals surface area contributed by atoms with Gasteiger partial charge in [-0.15, -0.1) is 0 Å². The van der Waals surface area contributed by atoms with Crippen LogP contribution in [0.5, 0.6) is 0 Å². The van der Waals surface area contributed by atoms with Gasteiger partial charge in [0.05, 0.1) is 10.9 Å². The molecule has 0 saturated heterocycles. The fourth-order valence-electron chi connectivity index (χ4n) is 1.94. The normalized spacial score (nSPS) is 23.2. The van der Waals surface area contributed by atoms with Crippen LogP contribution in [0.2, 0.25) is 5.02 Å². The first-order valence-electron chi connectivity index (χ1n) is 5.48. The maximum absolute atomic E-state index is 12.9. The predicted octanol–water partition coefficient (Wildman–Crippen LogP) is 2.43. The van der Waals surface area contributed by atoms with Crippen molar-refractivity contribution in [1.82, 2.24) is 5.32 Å². The zero-order valence-electron chi connectivity index (χ0n) is 9.12. The van der Waals surface area contributed by atoms with Crippen molar-refractivity contribution < 1.29 is 14.3 Å². The number of halogens is 2. The van der Waals surface area contributed by atoms with E-state index < -0.39 is 11.8 Å². The summed E-state index contributed by atoms with van der Waals surface area (Å²) < 4.78 is 12.9. The summed E-state index contributed by atoms with van der Waals surface area (Å²) in [5, 5.41) is 12.1. The molecule has 2 rings (SSSR count). The first kappa shape index (κ1) is 12.3. The van der Waals surface area contributed by atoms with Crippen molar-refractivity contribution in [3.05, 3.63) is 34.6 Å². The second-order valence-electron chi connectivity index (χ2n) is 4.26. The zero-order chi connectivity index (χ0) is 12.4. The second kappa shape index (κ2) is 5.02. The molecule has 0 bridgehead atoms. The van der Waals surface area contributed by atoms with Crippen molar-refractivity contribution >= 4 is 17.6 Å². The summed E-state index contributed by atoms with van der Waals surface area (Å²) in [6.07, 6.45) is 1.59. The molecule has 2 atom stereocenters. The van der Waals surface area contributed by atoms with Gasteiger partial charge in [0.2, 0.25) is 0 Å². The van der Waals surface area contributed by atoms with Crippen LogP contribution in [0.3, 0.4) is 0 Å². The summed E-state index contributed by atoms with van der Waals surface area (Å²) in [6, 6.07) is 4.52. The molecule has 0 heterocycles. The first-order chi connectivity index (χ1) is 8.08. The van der Waals surface area contributed by atoms with Crippen LogP contribution in [0, 0.1) is 11.7 Å². The van der Waals surface area contributed by atoms with Crippen LogP contribution >= 0.6 is 11.6 Å². The summed E-state index contributed by atoms with van der Waals surface area (Å²) in [5.74, 6) is -1.50. The summed E-state index contributed by atoms with van der Waals surface area (Å²) >= 11 is 5.66. The maximum atomic E-state index is 12.9. The standard InChI is InChI=1S/C12H13ClFNO2/c13-9-5-7(1-3-10(9)14)6-15-11-4-2-8(11)12(16)17/h1,3,5,8,11,15H,2,4,6H2,(H,16,17). The molecule has 5 heteroatoms. The van der Waals surface area contributed by atoms with Crippen LogP contribution < -0.4 is 5.32 Å². The van der Waals surface area contributed by atoms with E-state index in [1.165, 1.54) is 6.07 Å². The number of carboxylic acids is 1. The van der Waals surface area contributed by atoms with Crippen molar-refractivity contribution in [3.63, 3.8) is 0 Å². The second-order valence-corrected chi connectivity index (χ2v) is 4.67. The molecule has 1 aliphatic carbocycles. The zero-order valence-corrected chi connectivity index (χ0v) is 9.88. The van der Waals surface area contributed by atoms with Gasteiger partial charge in [-0.05, 0) is 30.5 Å². The van der Waals surface area contributed by atoms with E-state index in [1.54, 1.807) is 12.1 Å². The van der Waals surface area contributed by atoms with E-state index in [0.29, 0.717) is 6.54 Å². The third kappa shape index (κ3) is 2.76. The molecule has 1 aromatic rings. The number of hydrogen-bond donors (Lipinski definition) is 2. The molecule has 0 spiro atoms. The van der Waals surface area contributed by atoms with E-state index in [9.17, 15) is 9.18 Å². The molecule has 92 valence electrons. The average molecular weight is 258 g/mol. The van der Waals surface area contributed by atoms with Crippen LogP contribution in [-0.2, 0) is 11.3 Å². The summed E-state index contributed by atoms with van der Waals surface area (Å²) in [6.45, 7) is 0.508. The highest BCUT2D eigenvalue weighted by Gasteiger charge is 2.35. The van der Waals surface area contributed by atoms with Crippen LogP contribution in [0.1, 0.15) is 18.4 Å². The summed E-state index contributed by atoms with van der Waals surface area (Å²) in [7, 11) is 0. The Morgan fingerprint density at radius 2 is 2.29 bits per heavy atom. The largest absolute Gasteiger partial charge is 0.481 e. The van der Waals surface area contributed by atoms with E-state index in [4.69, 9.17) is 16.7 Å². The van der Waals surface area contributed by atoms with E-state index in [0.717, 1.165) is 18.4 Å². The number of hydrogen-bond acceptors (Lipinski definition) is 2. The Kier molecular flexibility index (Phi) is 3.64. The lowest BCUT2D eigenvalue weighted by molar-refractivity contribution is -0.146. The van der Waals surface area contributed by atoms with Crippen LogP contribution in [0.15, 0.2) is 18.2 Å².